The molecular formula is C29H51N3O18P2. The lowest BCUT2D eigenvalue weighted by molar-refractivity contribution is -0.249. The van der Waals surface area contributed by atoms with Gasteiger partial charge in [-0.3, -0.25) is 28.2 Å². The molecule has 3 unspecified atom stereocenters. The SMILES string of the molecule is CCCCCCCCCCC[C@@H](O)CC(=O)O[C@H]1[C@H](O)[C@@H](CO)OC(OP(=O)(O)OP(=O)(O)OC[C@H]2O[C@@H](n3ccc(=O)[nH]c3=O)[C@H](O)[C@@H]2O)[C@@H]1N. The molecule has 21 nitrogen and oxygen atoms in total. The molecule has 0 amide bonds. The van der Waals surface area contributed by atoms with Crippen molar-refractivity contribution < 1.29 is 76.8 Å². The first kappa shape index (κ1) is 44.5. The number of nitrogens with zero attached hydrogens (tertiary/aromatic N) is 1. The Kier molecular flexibility index (Phi) is 17.7. The molecule has 3 heterocycles. The number of nitrogens with two attached hydrogens (primary N) is 1. The van der Waals surface area contributed by atoms with Crippen molar-refractivity contribution in [3.8, 4) is 0 Å². The van der Waals surface area contributed by atoms with Crippen LogP contribution in [-0.4, -0.2) is 119 Å². The largest absolute Gasteiger partial charge is 0.483 e. The summed E-state index contributed by atoms with van der Waals surface area (Å²) < 4.78 is 55.5. The number of phosphoric acid groups is 2. The van der Waals surface area contributed by atoms with Crippen LogP contribution in [0.4, 0.5) is 0 Å². The fourth-order valence-electron chi connectivity index (χ4n) is 5.71. The first-order valence-corrected chi connectivity index (χ1v) is 20.1. The number of aliphatic hydroxyl groups excluding tert-OH is 5. The maximum absolute atomic E-state index is 12.7. The number of phosphoric ester groups is 2. The van der Waals surface area contributed by atoms with Gasteiger partial charge in [-0.05, 0) is 6.42 Å². The Bertz CT molecular complexity index is 1480. The maximum atomic E-state index is 12.7. The Hall–Kier alpha value is -1.91. The summed E-state index contributed by atoms with van der Waals surface area (Å²) in [5.41, 5.74) is 4.25. The zero-order valence-electron chi connectivity index (χ0n) is 28.7. The third-order valence-electron chi connectivity index (χ3n) is 8.52. The first-order valence-electron chi connectivity index (χ1n) is 17.1. The van der Waals surface area contributed by atoms with Crippen LogP contribution in [0.5, 0.6) is 0 Å². The fourth-order valence-corrected chi connectivity index (χ4v) is 7.89. The number of carbonyl (C=O) groups excluding carboxylic acids is 1. The standard InChI is InChI=1S/C29H51N3O18P2/c1-2-3-4-5-6-7-8-9-10-11-17(34)14-21(36)48-26-22(30)28(47-18(15-33)24(26)38)49-52(43,44)50-51(41,42)45-16-19-23(37)25(39)27(46-19)32-13-12-20(35)31-29(32)40/h12-13,17-19,22-28,33-34,37-39H,2-11,14-16,30H2,1H3,(H,41,42)(H,43,44)(H,31,35,40)/t17-,18-,19-,22-,23-,24-,25-,26-,27-,28?/m1/s1. The van der Waals surface area contributed by atoms with E-state index in [0.717, 1.165) is 42.5 Å². The van der Waals surface area contributed by atoms with E-state index in [0.29, 0.717) is 12.8 Å². The van der Waals surface area contributed by atoms with Gasteiger partial charge in [0.1, 0.15) is 30.5 Å². The Labute approximate surface area is 298 Å². The summed E-state index contributed by atoms with van der Waals surface area (Å²) in [5.74, 6) is -0.981. The van der Waals surface area contributed by atoms with E-state index in [1.807, 2.05) is 4.98 Å². The minimum atomic E-state index is -5.67. The van der Waals surface area contributed by atoms with E-state index in [2.05, 4.69) is 15.8 Å². The lowest BCUT2D eigenvalue weighted by Crippen LogP contribution is -2.63. The van der Waals surface area contributed by atoms with Gasteiger partial charge < -0.3 is 55.3 Å². The molecule has 52 heavy (non-hydrogen) atoms. The quantitative estimate of drug-likeness (QED) is 0.0402. The van der Waals surface area contributed by atoms with Crippen LogP contribution in [-0.2, 0) is 41.5 Å². The van der Waals surface area contributed by atoms with Gasteiger partial charge in [-0.15, -0.1) is 0 Å². The Morgan fingerprint density at radius 3 is 2.21 bits per heavy atom. The number of nitrogens with one attached hydrogen (secondary N) is 1. The number of aliphatic hydroxyl groups is 5. The number of carbonyl (C=O) groups is 1. The van der Waals surface area contributed by atoms with Crippen molar-refractivity contribution in [2.45, 2.75) is 139 Å². The first-order chi connectivity index (χ1) is 24.5. The van der Waals surface area contributed by atoms with Crippen LogP contribution in [0.1, 0.15) is 83.8 Å². The third kappa shape index (κ3) is 13.4. The third-order valence-corrected chi connectivity index (χ3v) is 11.1. The highest BCUT2D eigenvalue weighted by Gasteiger charge is 2.50. The van der Waals surface area contributed by atoms with Crippen molar-refractivity contribution in [2.24, 2.45) is 5.73 Å². The van der Waals surface area contributed by atoms with Gasteiger partial charge in [-0.2, -0.15) is 4.31 Å². The van der Waals surface area contributed by atoms with Crippen molar-refractivity contribution in [3.63, 3.8) is 0 Å². The van der Waals surface area contributed by atoms with E-state index >= 15 is 0 Å². The van der Waals surface area contributed by atoms with Crippen molar-refractivity contribution in [1.29, 1.82) is 0 Å². The molecule has 0 aliphatic carbocycles. The van der Waals surface area contributed by atoms with Crippen LogP contribution in [0.15, 0.2) is 21.9 Å². The molecular weight excluding hydrogens is 740 g/mol. The molecule has 1 aromatic rings. The Morgan fingerprint density at radius 2 is 1.60 bits per heavy atom. The number of hydrogen-bond donors (Lipinski definition) is 9. The second-order valence-corrected chi connectivity index (χ2v) is 15.7. The smallest absolute Gasteiger partial charge is 0.458 e. The summed E-state index contributed by atoms with van der Waals surface area (Å²) in [4.78, 5) is 58.3. The highest BCUT2D eigenvalue weighted by atomic mass is 31.3. The van der Waals surface area contributed by atoms with Gasteiger partial charge in [0, 0.05) is 12.3 Å². The lowest BCUT2D eigenvalue weighted by atomic mass is 9.97. The Morgan fingerprint density at radius 1 is 0.962 bits per heavy atom. The number of ether oxygens (including phenoxy) is 3. The minimum absolute atomic E-state index is 0.314. The monoisotopic (exact) mass is 791 g/mol. The van der Waals surface area contributed by atoms with Gasteiger partial charge in [0.15, 0.2) is 18.6 Å². The van der Waals surface area contributed by atoms with Crippen LogP contribution in [0, 0.1) is 0 Å². The lowest BCUT2D eigenvalue weighted by Gasteiger charge is -2.42. The summed E-state index contributed by atoms with van der Waals surface area (Å²) in [6, 6.07) is -0.791. The zero-order chi connectivity index (χ0) is 38.6. The predicted molar refractivity (Wildman–Crippen MR) is 177 cm³/mol. The van der Waals surface area contributed by atoms with E-state index in [1.165, 1.54) is 25.7 Å². The van der Waals surface area contributed by atoms with E-state index in [1.54, 1.807) is 0 Å². The fraction of sp³-hybridized carbons (Fsp3) is 0.828. The molecule has 0 saturated carbocycles. The Balaban J connectivity index is 1.51. The molecule has 3 rings (SSSR count). The molecule has 2 aliphatic rings. The highest BCUT2D eigenvalue weighted by Crippen LogP contribution is 2.61. The van der Waals surface area contributed by atoms with Gasteiger partial charge >= 0.3 is 27.3 Å². The molecule has 23 heteroatoms. The maximum Gasteiger partial charge on any atom is 0.483 e. The van der Waals surface area contributed by atoms with Crippen LogP contribution >= 0.6 is 15.6 Å². The zero-order valence-corrected chi connectivity index (χ0v) is 30.4. The van der Waals surface area contributed by atoms with Gasteiger partial charge in [0.2, 0.25) is 0 Å². The second-order valence-electron chi connectivity index (χ2n) is 12.7. The van der Waals surface area contributed by atoms with Crippen molar-refractivity contribution in [3.05, 3.63) is 33.1 Å². The summed E-state index contributed by atoms with van der Waals surface area (Å²) in [7, 11) is -11.2. The molecule has 0 aromatic carbocycles. The van der Waals surface area contributed by atoms with Gasteiger partial charge in [-0.1, -0.05) is 64.7 Å². The number of esters is 1. The average Bonchev–Trinajstić information content (AvgIpc) is 3.34. The highest BCUT2D eigenvalue weighted by molar-refractivity contribution is 7.61. The van der Waals surface area contributed by atoms with Crippen molar-refractivity contribution >= 4 is 21.6 Å². The molecule has 12 atom stereocenters. The molecule has 2 aliphatic heterocycles. The van der Waals surface area contributed by atoms with E-state index in [9.17, 15) is 58.8 Å². The summed E-state index contributed by atoms with van der Waals surface area (Å²) in [6.07, 6.45) is -4.54. The number of unbranched alkanes of at least 4 members (excludes halogenated alkanes) is 8. The predicted octanol–water partition coefficient (Wildman–Crippen LogP) is -0.604. The number of aromatic amines is 1. The summed E-state index contributed by atoms with van der Waals surface area (Å²) in [6.45, 7) is 0.202. The minimum Gasteiger partial charge on any atom is -0.458 e. The topological polar surface area (TPSA) is 329 Å². The summed E-state index contributed by atoms with van der Waals surface area (Å²) in [5, 5.41) is 51.2. The number of hydrogen-bond acceptors (Lipinski definition) is 17. The van der Waals surface area contributed by atoms with E-state index in [4.69, 9.17) is 24.5 Å². The van der Waals surface area contributed by atoms with Gasteiger partial charge in [0.25, 0.3) is 5.56 Å². The molecule has 300 valence electrons. The van der Waals surface area contributed by atoms with E-state index < -0.39 is 114 Å². The number of rotatable bonds is 22. The van der Waals surface area contributed by atoms with Crippen LogP contribution in [0.25, 0.3) is 0 Å². The van der Waals surface area contributed by atoms with Gasteiger partial charge in [0.05, 0.1) is 31.8 Å². The van der Waals surface area contributed by atoms with Crippen molar-refractivity contribution in [1.82, 2.24) is 9.55 Å². The molecule has 0 radical (unpaired) electrons. The van der Waals surface area contributed by atoms with Crippen LogP contribution < -0.4 is 17.0 Å². The molecule has 0 spiro atoms. The molecule has 1 aromatic heterocycles. The number of aromatic nitrogens is 2. The molecule has 0 bridgehead atoms. The number of H-pyrrole nitrogens is 1. The van der Waals surface area contributed by atoms with Gasteiger partial charge in [-0.25, -0.2) is 13.9 Å². The molecule has 10 N–H and O–H groups in total. The average molecular weight is 792 g/mol. The van der Waals surface area contributed by atoms with E-state index in [-0.39, 0.29) is 0 Å². The molecule has 2 saturated heterocycles. The van der Waals surface area contributed by atoms with Crippen molar-refractivity contribution in [2.75, 3.05) is 13.2 Å². The normalized spacial score (nSPS) is 30.8. The van der Waals surface area contributed by atoms with Crippen LogP contribution in [0.3, 0.4) is 0 Å². The second kappa shape index (κ2) is 20.7. The van der Waals surface area contributed by atoms with Crippen LogP contribution in [0.2, 0.25) is 0 Å². The summed E-state index contributed by atoms with van der Waals surface area (Å²) >= 11 is 0. The molecule has 2 fully saturated rings.